The molecule has 1 aromatic heterocycles. The molecule has 0 aliphatic carbocycles. The first-order valence-corrected chi connectivity index (χ1v) is 7.63. The quantitative estimate of drug-likeness (QED) is 0.405. The Morgan fingerprint density at radius 3 is 2.55 bits per heavy atom. The molecular weight excluding hydrogens is 366 g/mol. The van der Waals surface area contributed by atoms with E-state index in [4.69, 9.17) is 17.4 Å². The smallest absolute Gasteiger partial charge is 0.265 e. The van der Waals surface area contributed by atoms with E-state index in [0.717, 1.165) is 10.0 Å². The molecular formula is C16H11BrClN3O. The molecule has 3 rings (SSSR count). The second-order valence-corrected chi connectivity index (χ2v) is 6.05. The van der Waals surface area contributed by atoms with Crippen LogP contribution in [0.5, 0.6) is 0 Å². The highest BCUT2D eigenvalue weighted by Crippen LogP contribution is 2.27. The number of halogens is 2. The van der Waals surface area contributed by atoms with Crippen LogP contribution in [-0.2, 0) is 0 Å². The van der Waals surface area contributed by atoms with Gasteiger partial charge in [0.25, 0.3) is 5.91 Å². The number of rotatable bonds is 2. The Labute approximate surface area is 140 Å². The molecule has 3 aromatic rings. The molecule has 0 atom stereocenters. The van der Waals surface area contributed by atoms with Gasteiger partial charge in [0.05, 0.1) is 16.8 Å². The Morgan fingerprint density at radius 2 is 1.86 bits per heavy atom. The van der Waals surface area contributed by atoms with E-state index in [2.05, 4.69) is 26.3 Å². The summed E-state index contributed by atoms with van der Waals surface area (Å²) in [5.41, 5.74) is 4.89. The molecule has 1 heterocycles. The van der Waals surface area contributed by atoms with Gasteiger partial charge in [0, 0.05) is 20.4 Å². The number of benzene rings is 2. The van der Waals surface area contributed by atoms with Crippen molar-refractivity contribution in [2.45, 2.75) is 0 Å². The number of fused-ring (bicyclic) bond motifs is 1. The summed E-state index contributed by atoms with van der Waals surface area (Å²) in [6.45, 7) is 0. The molecule has 0 unspecified atom stereocenters. The van der Waals surface area contributed by atoms with Gasteiger partial charge in [-0.3, -0.25) is 10.2 Å². The molecule has 22 heavy (non-hydrogen) atoms. The van der Waals surface area contributed by atoms with Crippen LogP contribution in [0.25, 0.3) is 22.2 Å². The number of carbonyl (C=O) groups excluding carboxylic acids is 1. The fourth-order valence-corrected chi connectivity index (χ4v) is 2.67. The summed E-state index contributed by atoms with van der Waals surface area (Å²) in [6.07, 6.45) is 0. The molecule has 0 saturated heterocycles. The predicted molar refractivity (Wildman–Crippen MR) is 91.5 cm³/mol. The van der Waals surface area contributed by atoms with Gasteiger partial charge in [-0.2, -0.15) is 0 Å². The molecule has 110 valence electrons. The Morgan fingerprint density at radius 1 is 1.14 bits per heavy atom. The number of hydrazine groups is 1. The van der Waals surface area contributed by atoms with Crippen LogP contribution >= 0.6 is 27.5 Å². The molecule has 0 aliphatic heterocycles. The molecule has 0 radical (unpaired) electrons. The summed E-state index contributed by atoms with van der Waals surface area (Å²) in [7, 11) is 0. The minimum absolute atomic E-state index is 0.381. The zero-order valence-electron chi connectivity index (χ0n) is 11.3. The van der Waals surface area contributed by atoms with Crippen molar-refractivity contribution < 1.29 is 4.79 Å². The third-order valence-corrected chi connectivity index (χ3v) is 4.05. The highest BCUT2D eigenvalue weighted by atomic mass is 79.9. The first-order valence-electron chi connectivity index (χ1n) is 6.45. The molecule has 2 aromatic carbocycles. The van der Waals surface area contributed by atoms with E-state index in [1.165, 1.54) is 0 Å². The highest BCUT2D eigenvalue weighted by Gasteiger charge is 2.13. The van der Waals surface area contributed by atoms with Crippen LogP contribution in [-0.4, -0.2) is 10.9 Å². The second kappa shape index (κ2) is 6.04. The third kappa shape index (κ3) is 2.83. The number of pyridine rings is 1. The minimum Gasteiger partial charge on any atom is -0.290 e. The Balaban J connectivity index is 2.26. The Hall–Kier alpha value is -1.95. The highest BCUT2D eigenvalue weighted by molar-refractivity contribution is 9.10. The molecule has 1 amide bonds. The van der Waals surface area contributed by atoms with E-state index in [-0.39, 0.29) is 5.91 Å². The Bertz CT molecular complexity index is 865. The van der Waals surface area contributed by atoms with Crippen molar-refractivity contribution in [3.8, 4) is 11.3 Å². The maximum absolute atomic E-state index is 12.1. The van der Waals surface area contributed by atoms with Crippen LogP contribution in [0.3, 0.4) is 0 Å². The number of nitrogens with two attached hydrogens (primary N) is 1. The van der Waals surface area contributed by atoms with Crippen LogP contribution in [0.15, 0.2) is 53.0 Å². The number of nitrogens with one attached hydrogen (secondary N) is 1. The zero-order chi connectivity index (χ0) is 15.7. The van der Waals surface area contributed by atoms with Crippen LogP contribution in [0.1, 0.15) is 10.4 Å². The largest absolute Gasteiger partial charge is 0.290 e. The molecule has 0 aliphatic rings. The molecule has 0 bridgehead atoms. The normalized spacial score (nSPS) is 10.7. The number of carbonyl (C=O) groups is 1. The maximum Gasteiger partial charge on any atom is 0.265 e. The van der Waals surface area contributed by atoms with Gasteiger partial charge < -0.3 is 0 Å². The zero-order valence-corrected chi connectivity index (χ0v) is 13.6. The lowest BCUT2D eigenvalue weighted by Crippen LogP contribution is -2.30. The topological polar surface area (TPSA) is 68.0 Å². The Kier molecular flexibility index (Phi) is 4.11. The molecule has 0 spiro atoms. The second-order valence-electron chi connectivity index (χ2n) is 4.70. The van der Waals surface area contributed by atoms with Gasteiger partial charge in [-0.15, -0.1) is 0 Å². The van der Waals surface area contributed by atoms with E-state index in [9.17, 15) is 4.79 Å². The average Bonchev–Trinajstić information content (AvgIpc) is 2.54. The first kappa shape index (κ1) is 15.0. The van der Waals surface area contributed by atoms with E-state index in [1.807, 2.05) is 24.3 Å². The van der Waals surface area contributed by atoms with Crippen LogP contribution in [0, 0.1) is 0 Å². The predicted octanol–water partition coefficient (Wildman–Crippen LogP) is 3.92. The van der Waals surface area contributed by atoms with Crippen molar-refractivity contribution in [3.63, 3.8) is 0 Å². The molecule has 4 nitrogen and oxygen atoms in total. The van der Waals surface area contributed by atoms with Crippen molar-refractivity contribution >= 4 is 44.3 Å². The summed E-state index contributed by atoms with van der Waals surface area (Å²) in [5, 5.41) is 1.20. The van der Waals surface area contributed by atoms with Gasteiger partial charge >= 0.3 is 0 Å². The van der Waals surface area contributed by atoms with Gasteiger partial charge in [0.2, 0.25) is 0 Å². The van der Waals surface area contributed by atoms with Crippen molar-refractivity contribution in [2.75, 3.05) is 0 Å². The number of amides is 1. The number of nitrogens with zero attached hydrogens (tertiary/aromatic N) is 1. The monoisotopic (exact) mass is 375 g/mol. The van der Waals surface area contributed by atoms with Crippen molar-refractivity contribution in [1.29, 1.82) is 0 Å². The van der Waals surface area contributed by atoms with Crippen molar-refractivity contribution in [3.05, 3.63) is 63.6 Å². The van der Waals surface area contributed by atoms with E-state index >= 15 is 0 Å². The third-order valence-electron chi connectivity index (χ3n) is 3.29. The summed E-state index contributed by atoms with van der Waals surface area (Å²) in [4.78, 5) is 16.7. The summed E-state index contributed by atoms with van der Waals surface area (Å²) >= 11 is 9.42. The summed E-state index contributed by atoms with van der Waals surface area (Å²) in [5.74, 6) is 4.90. The standard InChI is InChI=1S/C16H11BrClN3O/c17-10-3-1-9(2-4-10)15-8-13(16(22)21-19)12-7-11(18)5-6-14(12)20-15/h1-8H,19H2,(H,21,22). The maximum atomic E-state index is 12.1. The van der Waals surface area contributed by atoms with Crippen molar-refractivity contribution in [1.82, 2.24) is 10.4 Å². The van der Waals surface area contributed by atoms with Gasteiger partial charge in [-0.25, -0.2) is 10.8 Å². The van der Waals surface area contributed by atoms with Gasteiger partial charge in [0.1, 0.15) is 0 Å². The van der Waals surface area contributed by atoms with Crippen LogP contribution in [0.2, 0.25) is 5.02 Å². The first-order chi connectivity index (χ1) is 10.6. The van der Waals surface area contributed by atoms with E-state index in [1.54, 1.807) is 24.3 Å². The van der Waals surface area contributed by atoms with E-state index in [0.29, 0.717) is 27.2 Å². The minimum atomic E-state index is -0.381. The van der Waals surface area contributed by atoms with Gasteiger partial charge in [0.15, 0.2) is 0 Å². The SMILES string of the molecule is NNC(=O)c1cc(-c2ccc(Br)cc2)nc2ccc(Cl)cc12. The fourth-order valence-electron chi connectivity index (χ4n) is 2.23. The van der Waals surface area contributed by atoms with E-state index < -0.39 is 0 Å². The summed E-state index contributed by atoms with van der Waals surface area (Å²) < 4.78 is 0.976. The number of nitrogen functional groups attached to an aromatic ring is 1. The average molecular weight is 377 g/mol. The van der Waals surface area contributed by atoms with Crippen LogP contribution < -0.4 is 11.3 Å². The lowest BCUT2D eigenvalue weighted by Gasteiger charge is -2.09. The van der Waals surface area contributed by atoms with Crippen molar-refractivity contribution in [2.24, 2.45) is 5.84 Å². The van der Waals surface area contributed by atoms with Gasteiger partial charge in [-0.1, -0.05) is 39.7 Å². The fraction of sp³-hybridized carbons (Fsp3) is 0. The van der Waals surface area contributed by atoms with Crippen LogP contribution in [0.4, 0.5) is 0 Å². The summed E-state index contributed by atoms with van der Waals surface area (Å²) in [6, 6.07) is 14.7. The van der Waals surface area contributed by atoms with Gasteiger partial charge in [-0.05, 0) is 36.4 Å². The number of aromatic nitrogens is 1. The lowest BCUT2D eigenvalue weighted by molar-refractivity contribution is 0.0955. The lowest BCUT2D eigenvalue weighted by atomic mass is 10.0. The molecule has 0 saturated carbocycles. The molecule has 6 heteroatoms. The molecule has 3 N–H and O–H groups in total. The number of hydrogen-bond donors (Lipinski definition) is 2. The molecule has 0 fully saturated rings. The number of hydrogen-bond acceptors (Lipinski definition) is 3.